The van der Waals surface area contributed by atoms with Gasteiger partial charge in [0, 0.05) is 0 Å². The minimum atomic E-state index is -0.938. The molecule has 2 aromatic carbocycles. The summed E-state index contributed by atoms with van der Waals surface area (Å²) in [6.45, 7) is 1.71. The minimum absolute atomic E-state index is 0.294. The number of aromatic nitrogens is 2. The molecule has 28 heavy (non-hydrogen) atoms. The number of nitrogens with zero attached hydrogens (tertiary/aromatic N) is 1. The van der Waals surface area contributed by atoms with Crippen LogP contribution < -0.4 is 10.6 Å². The van der Waals surface area contributed by atoms with Crippen LogP contribution in [0.25, 0.3) is 11.0 Å². The van der Waals surface area contributed by atoms with E-state index in [-0.39, 0.29) is 6.04 Å². The summed E-state index contributed by atoms with van der Waals surface area (Å²) < 4.78 is 26.5. The van der Waals surface area contributed by atoms with Gasteiger partial charge in [-0.2, -0.15) is 11.8 Å². The van der Waals surface area contributed by atoms with Crippen molar-refractivity contribution in [2.45, 2.75) is 25.4 Å². The molecule has 2 amide bonds. The van der Waals surface area contributed by atoms with Crippen LogP contribution in [0.5, 0.6) is 0 Å². The molecule has 0 spiro atoms. The summed E-state index contributed by atoms with van der Waals surface area (Å²) in [6.07, 6.45) is 2.70. The molecule has 5 nitrogen and oxygen atoms in total. The van der Waals surface area contributed by atoms with E-state index in [1.165, 1.54) is 6.07 Å². The van der Waals surface area contributed by atoms with Crippen molar-refractivity contribution in [3.63, 3.8) is 0 Å². The predicted molar refractivity (Wildman–Crippen MR) is 108 cm³/mol. The van der Waals surface area contributed by atoms with E-state index >= 15 is 0 Å². The van der Waals surface area contributed by atoms with Gasteiger partial charge in [-0.25, -0.2) is 18.6 Å². The SMILES string of the molecule is CSCC[C@H](NC(=O)N[C@@H](C)c1ccc(F)c(F)c1)c1nc2ccccc2[nH]1. The zero-order chi connectivity index (χ0) is 20.1. The van der Waals surface area contributed by atoms with Gasteiger partial charge in [0.15, 0.2) is 11.6 Å². The molecular formula is C20H22F2N4OS. The number of para-hydroxylation sites is 2. The van der Waals surface area contributed by atoms with Crippen LogP contribution in [0.4, 0.5) is 13.6 Å². The number of carbonyl (C=O) groups is 1. The van der Waals surface area contributed by atoms with Crippen molar-refractivity contribution in [3.8, 4) is 0 Å². The van der Waals surface area contributed by atoms with Crippen LogP contribution in [-0.2, 0) is 0 Å². The number of thioether (sulfide) groups is 1. The topological polar surface area (TPSA) is 69.8 Å². The average molecular weight is 404 g/mol. The fraction of sp³-hybridized carbons (Fsp3) is 0.300. The van der Waals surface area contributed by atoms with E-state index in [0.717, 1.165) is 28.9 Å². The molecule has 8 heteroatoms. The highest BCUT2D eigenvalue weighted by molar-refractivity contribution is 7.98. The molecular weight excluding hydrogens is 382 g/mol. The number of benzene rings is 2. The highest BCUT2D eigenvalue weighted by Gasteiger charge is 2.20. The summed E-state index contributed by atoms with van der Waals surface area (Å²) >= 11 is 1.68. The molecule has 0 saturated carbocycles. The predicted octanol–water partition coefficient (Wildman–Crippen LogP) is 4.70. The third kappa shape index (κ3) is 4.81. The molecule has 0 bridgehead atoms. The summed E-state index contributed by atoms with van der Waals surface area (Å²) in [6, 6.07) is 10.1. The second-order valence-corrected chi connectivity index (χ2v) is 7.47. The molecule has 1 heterocycles. The standard InChI is InChI=1S/C20H22F2N4OS/c1-12(13-7-8-14(21)15(22)11-13)23-20(27)26-18(9-10-28-2)19-24-16-5-3-4-6-17(16)25-19/h3-8,11-12,18H,9-10H2,1-2H3,(H,24,25)(H2,23,26,27)/t12-,18-/m0/s1. The normalized spacial score (nSPS) is 13.3. The Balaban J connectivity index is 1.70. The fourth-order valence-electron chi connectivity index (χ4n) is 2.91. The average Bonchev–Trinajstić information content (AvgIpc) is 3.11. The van der Waals surface area contributed by atoms with Crippen molar-refractivity contribution >= 4 is 28.8 Å². The van der Waals surface area contributed by atoms with Crippen molar-refractivity contribution in [2.75, 3.05) is 12.0 Å². The Labute approximate surface area is 166 Å². The number of fused-ring (bicyclic) bond motifs is 1. The molecule has 3 N–H and O–H groups in total. The molecule has 0 aliphatic carbocycles. The van der Waals surface area contributed by atoms with Crippen LogP contribution in [0.3, 0.4) is 0 Å². The van der Waals surface area contributed by atoms with E-state index in [4.69, 9.17) is 0 Å². The molecule has 0 radical (unpaired) electrons. The molecule has 1 aromatic heterocycles. The number of hydrogen-bond acceptors (Lipinski definition) is 3. The number of carbonyl (C=O) groups excluding carboxylic acids is 1. The van der Waals surface area contributed by atoms with Crippen LogP contribution in [0, 0.1) is 11.6 Å². The van der Waals surface area contributed by atoms with Gasteiger partial charge in [-0.05, 0) is 55.2 Å². The van der Waals surface area contributed by atoms with E-state index < -0.39 is 23.7 Å². The van der Waals surface area contributed by atoms with Gasteiger partial charge in [-0.3, -0.25) is 0 Å². The number of nitrogens with one attached hydrogen (secondary N) is 3. The van der Waals surface area contributed by atoms with Crippen LogP contribution in [0.1, 0.15) is 36.8 Å². The molecule has 3 aromatic rings. The van der Waals surface area contributed by atoms with E-state index in [2.05, 4.69) is 20.6 Å². The van der Waals surface area contributed by atoms with Crippen LogP contribution in [-0.4, -0.2) is 28.0 Å². The van der Waals surface area contributed by atoms with Gasteiger partial charge >= 0.3 is 6.03 Å². The first kappa shape index (κ1) is 20.1. The summed E-state index contributed by atoms with van der Waals surface area (Å²) in [5, 5.41) is 5.70. The van der Waals surface area contributed by atoms with Gasteiger partial charge in [-0.15, -0.1) is 0 Å². The van der Waals surface area contributed by atoms with Crippen molar-refractivity contribution in [1.82, 2.24) is 20.6 Å². The molecule has 0 aliphatic heterocycles. The zero-order valence-corrected chi connectivity index (χ0v) is 16.4. The number of amides is 2. The Morgan fingerprint density at radius 2 is 1.96 bits per heavy atom. The minimum Gasteiger partial charge on any atom is -0.340 e. The Morgan fingerprint density at radius 1 is 1.18 bits per heavy atom. The Morgan fingerprint density at radius 3 is 2.68 bits per heavy atom. The number of urea groups is 1. The lowest BCUT2D eigenvalue weighted by Gasteiger charge is -2.20. The third-order valence-corrected chi connectivity index (χ3v) is 5.09. The van der Waals surface area contributed by atoms with Crippen molar-refractivity contribution in [1.29, 1.82) is 0 Å². The highest BCUT2D eigenvalue weighted by atomic mass is 32.2. The summed E-state index contributed by atoms with van der Waals surface area (Å²) in [7, 11) is 0. The molecule has 2 atom stereocenters. The quantitative estimate of drug-likeness (QED) is 0.535. The van der Waals surface area contributed by atoms with Gasteiger partial charge < -0.3 is 15.6 Å². The lowest BCUT2D eigenvalue weighted by atomic mass is 10.1. The summed E-state index contributed by atoms with van der Waals surface area (Å²) in [5.74, 6) is -0.319. The first-order chi connectivity index (χ1) is 13.5. The van der Waals surface area contributed by atoms with Crippen molar-refractivity contribution in [3.05, 3.63) is 65.5 Å². The highest BCUT2D eigenvalue weighted by Crippen LogP contribution is 2.21. The third-order valence-electron chi connectivity index (χ3n) is 4.44. The molecule has 148 valence electrons. The second-order valence-electron chi connectivity index (χ2n) is 6.49. The monoisotopic (exact) mass is 404 g/mol. The molecule has 0 saturated heterocycles. The van der Waals surface area contributed by atoms with Crippen LogP contribution in [0.15, 0.2) is 42.5 Å². The lowest BCUT2D eigenvalue weighted by molar-refractivity contribution is 0.233. The zero-order valence-electron chi connectivity index (χ0n) is 15.6. The maximum atomic E-state index is 13.4. The molecule has 0 fully saturated rings. The number of rotatable bonds is 7. The van der Waals surface area contributed by atoms with Crippen LogP contribution in [0.2, 0.25) is 0 Å². The summed E-state index contributed by atoms with van der Waals surface area (Å²) in [5.41, 5.74) is 2.23. The van der Waals surface area contributed by atoms with E-state index in [1.54, 1.807) is 18.7 Å². The van der Waals surface area contributed by atoms with Crippen LogP contribution >= 0.6 is 11.8 Å². The van der Waals surface area contributed by atoms with Gasteiger partial charge in [0.2, 0.25) is 0 Å². The first-order valence-electron chi connectivity index (χ1n) is 8.93. The maximum Gasteiger partial charge on any atom is 0.315 e. The number of H-pyrrole nitrogens is 1. The largest absolute Gasteiger partial charge is 0.340 e. The number of halogens is 2. The van der Waals surface area contributed by atoms with E-state index in [1.807, 2.05) is 30.5 Å². The van der Waals surface area contributed by atoms with Gasteiger partial charge in [0.25, 0.3) is 0 Å². The number of hydrogen-bond donors (Lipinski definition) is 3. The summed E-state index contributed by atoms with van der Waals surface area (Å²) in [4.78, 5) is 20.3. The van der Waals surface area contributed by atoms with Crippen molar-refractivity contribution < 1.29 is 13.6 Å². The van der Waals surface area contributed by atoms with E-state index in [9.17, 15) is 13.6 Å². The Bertz CT molecular complexity index is 929. The van der Waals surface area contributed by atoms with Gasteiger partial charge in [-0.1, -0.05) is 18.2 Å². The first-order valence-corrected chi connectivity index (χ1v) is 10.3. The molecule has 0 aliphatic rings. The lowest BCUT2D eigenvalue weighted by Crippen LogP contribution is -2.39. The Hall–Kier alpha value is -2.61. The fourth-order valence-corrected chi connectivity index (χ4v) is 3.38. The number of imidazole rings is 1. The number of aromatic amines is 1. The van der Waals surface area contributed by atoms with Gasteiger partial charge in [0.05, 0.1) is 23.1 Å². The Kier molecular flexibility index (Phi) is 6.51. The maximum absolute atomic E-state index is 13.4. The molecule has 3 rings (SSSR count). The van der Waals surface area contributed by atoms with Gasteiger partial charge in [0.1, 0.15) is 5.82 Å². The smallest absolute Gasteiger partial charge is 0.315 e. The molecule has 0 unspecified atom stereocenters. The van der Waals surface area contributed by atoms with E-state index in [0.29, 0.717) is 17.8 Å². The van der Waals surface area contributed by atoms with Crippen molar-refractivity contribution in [2.24, 2.45) is 0 Å². The second kappa shape index (κ2) is 9.05.